The van der Waals surface area contributed by atoms with E-state index in [1.54, 1.807) is 0 Å². The van der Waals surface area contributed by atoms with E-state index in [2.05, 4.69) is 10.3 Å². The third-order valence-corrected chi connectivity index (χ3v) is 4.92. The van der Waals surface area contributed by atoms with Crippen molar-refractivity contribution in [2.45, 2.75) is 20.3 Å². The molecule has 6 heteroatoms. The lowest BCUT2D eigenvalue weighted by Gasteiger charge is -2.08. The van der Waals surface area contributed by atoms with E-state index in [-0.39, 0.29) is 12.3 Å². The van der Waals surface area contributed by atoms with Crippen LogP contribution in [0.1, 0.15) is 18.2 Å². The standard InChI is InChI=1S/C22H24N2O3S/c1-3-26-20-10-5-4-9-19(20)22-24-17(15-28-22)14-21(25)23-11-12-27-18-8-6-7-16(2)13-18/h4-10,13,15H,3,11-12,14H2,1-2H3,(H,23,25). The van der Waals surface area contributed by atoms with Crippen LogP contribution in [0.3, 0.4) is 0 Å². The zero-order chi connectivity index (χ0) is 19.8. The van der Waals surface area contributed by atoms with E-state index < -0.39 is 0 Å². The Morgan fingerprint density at radius 2 is 2.00 bits per heavy atom. The highest BCUT2D eigenvalue weighted by atomic mass is 32.1. The Labute approximate surface area is 169 Å². The average Bonchev–Trinajstić information content (AvgIpc) is 3.14. The molecule has 0 aliphatic carbocycles. The molecule has 3 rings (SSSR count). The first-order valence-electron chi connectivity index (χ1n) is 9.28. The van der Waals surface area contributed by atoms with Crippen molar-refractivity contribution < 1.29 is 14.3 Å². The Balaban J connectivity index is 1.49. The number of para-hydroxylation sites is 1. The van der Waals surface area contributed by atoms with Gasteiger partial charge >= 0.3 is 0 Å². The summed E-state index contributed by atoms with van der Waals surface area (Å²) in [5.74, 6) is 1.55. The first-order chi connectivity index (χ1) is 13.7. The predicted molar refractivity (Wildman–Crippen MR) is 112 cm³/mol. The van der Waals surface area contributed by atoms with Gasteiger partial charge in [-0.2, -0.15) is 0 Å². The van der Waals surface area contributed by atoms with Crippen molar-refractivity contribution in [2.24, 2.45) is 0 Å². The number of benzene rings is 2. The van der Waals surface area contributed by atoms with Gasteiger partial charge in [-0.3, -0.25) is 4.79 Å². The molecule has 0 radical (unpaired) electrons. The minimum atomic E-state index is -0.0669. The largest absolute Gasteiger partial charge is 0.493 e. The van der Waals surface area contributed by atoms with Crippen molar-refractivity contribution >= 4 is 17.2 Å². The highest BCUT2D eigenvalue weighted by Gasteiger charge is 2.12. The van der Waals surface area contributed by atoms with Gasteiger partial charge in [0.2, 0.25) is 5.91 Å². The van der Waals surface area contributed by atoms with Crippen molar-refractivity contribution in [1.29, 1.82) is 0 Å². The number of nitrogens with one attached hydrogen (secondary N) is 1. The number of aromatic nitrogens is 1. The fourth-order valence-corrected chi connectivity index (χ4v) is 3.58. The molecule has 1 N–H and O–H groups in total. The molecule has 0 bridgehead atoms. The van der Waals surface area contributed by atoms with Crippen LogP contribution in [0.4, 0.5) is 0 Å². The molecule has 0 saturated carbocycles. The highest BCUT2D eigenvalue weighted by Crippen LogP contribution is 2.32. The molecule has 0 unspecified atom stereocenters. The van der Waals surface area contributed by atoms with E-state index in [0.29, 0.717) is 19.8 Å². The van der Waals surface area contributed by atoms with Gasteiger partial charge in [0.15, 0.2) is 0 Å². The third-order valence-electron chi connectivity index (χ3n) is 3.99. The second kappa shape index (κ2) is 9.90. The van der Waals surface area contributed by atoms with Crippen LogP contribution in [-0.2, 0) is 11.2 Å². The summed E-state index contributed by atoms with van der Waals surface area (Å²) in [4.78, 5) is 16.8. The van der Waals surface area contributed by atoms with Gasteiger partial charge in [-0.05, 0) is 43.7 Å². The van der Waals surface area contributed by atoms with Crippen LogP contribution in [0.2, 0.25) is 0 Å². The number of hydrogen-bond acceptors (Lipinski definition) is 5. The monoisotopic (exact) mass is 396 g/mol. The topological polar surface area (TPSA) is 60.5 Å². The van der Waals surface area contributed by atoms with Gasteiger partial charge in [-0.25, -0.2) is 4.98 Å². The predicted octanol–water partition coefficient (Wildman–Crippen LogP) is 4.25. The fourth-order valence-electron chi connectivity index (χ4n) is 2.73. The molecule has 0 aliphatic rings. The first-order valence-corrected chi connectivity index (χ1v) is 10.2. The molecule has 2 aromatic carbocycles. The lowest BCUT2D eigenvalue weighted by Crippen LogP contribution is -2.29. The summed E-state index contributed by atoms with van der Waals surface area (Å²) in [6.07, 6.45) is 0.248. The summed E-state index contributed by atoms with van der Waals surface area (Å²) in [6.45, 7) is 5.46. The number of nitrogens with zero attached hydrogens (tertiary/aromatic N) is 1. The van der Waals surface area contributed by atoms with Crippen molar-refractivity contribution in [1.82, 2.24) is 10.3 Å². The smallest absolute Gasteiger partial charge is 0.226 e. The normalized spacial score (nSPS) is 10.5. The number of carbonyl (C=O) groups is 1. The number of amides is 1. The highest BCUT2D eigenvalue weighted by molar-refractivity contribution is 7.13. The zero-order valence-corrected chi connectivity index (χ0v) is 16.9. The Morgan fingerprint density at radius 1 is 1.14 bits per heavy atom. The van der Waals surface area contributed by atoms with Gasteiger partial charge in [0.25, 0.3) is 0 Å². The second-order valence-electron chi connectivity index (χ2n) is 6.26. The lowest BCUT2D eigenvalue weighted by molar-refractivity contribution is -0.120. The van der Waals surface area contributed by atoms with Gasteiger partial charge in [-0.15, -0.1) is 11.3 Å². The zero-order valence-electron chi connectivity index (χ0n) is 16.1. The van der Waals surface area contributed by atoms with E-state index >= 15 is 0 Å². The fraction of sp³-hybridized carbons (Fsp3) is 0.273. The molecular formula is C22H24N2O3S. The Bertz CT molecular complexity index is 923. The molecular weight excluding hydrogens is 372 g/mol. The Morgan fingerprint density at radius 3 is 2.82 bits per heavy atom. The molecule has 1 heterocycles. The van der Waals surface area contributed by atoms with Gasteiger partial charge < -0.3 is 14.8 Å². The third kappa shape index (κ3) is 5.57. The SMILES string of the molecule is CCOc1ccccc1-c1nc(CC(=O)NCCOc2cccc(C)c2)cs1. The van der Waals surface area contributed by atoms with E-state index in [9.17, 15) is 4.79 Å². The van der Waals surface area contributed by atoms with Crippen LogP contribution in [0.15, 0.2) is 53.9 Å². The van der Waals surface area contributed by atoms with E-state index in [1.807, 2.05) is 67.8 Å². The van der Waals surface area contributed by atoms with Gasteiger partial charge in [0, 0.05) is 5.38 Å². The molecule has 0 aliphatic heterocycles. The van der Waals surface area contributed by atoms with E-state index in [0.717, 1.165) is 33.3 Å². The van der Waals surface area contributed by atoms with Gasteiger partial charge in [0.1, 0.15) is 23.1 Å². The van der Waals surface area contributed by atoms with Gasteiger partial charge in [0.05, 0.1) is 30.8 Å². The molecule has 0 saturated heterocycles. The molecule has 1 amide bonds. The minimum Gasteiger partial charge on any atom is -0.493 e. The van der Waals surface area contributed by atoms with Crippen molar-refractivity contribution in [3.05, 3.63) is 65.2 Å². The molecule has 146 valence electrons. The van der Waals surface area contributed by atoms with Crippen LogP contribution >= 0.6 is 11.3 Å². The summed E-state index contributed by atoms with van der Waals surface area (Å²) in [7, 11) is 0. The second-order valence-corrected chi connectivity index (χ2v) is 7.12. The molecule has 0 fully saturated rings. The van der Waals surface area contributed by atoms with Crippen LogP contribution in [0.5, 0.6) is 11.5 Å². The molecule has 0 atom stereocenters. The number of rotatable bonds is 9. The van der Waals surface area contributed by atoms with Crippen molar-refractivity contribution in [3.63, 3.8) is 0 Å². The van der Waals surface area contributed by atoms with Crippen molar-refractivity contribution in [3.8, 4) is 22.1 Å². The first kappa shape index (κ1) is 19.9. The summed E-state index contributed by atoms with van der Waals surface area (Å²) < 4.78 is 11.3. The molecule has 3 aromatic rings. The molecule has 5 nitrogen and oxygen atoms in total. The summed E-state index contributed by atoms with van der Waals surface area (Å²) >= 11 is 1.52. The summed E-state index contributed by atoms with van der Waals surface area (Å²) in [6, 6.07) is 15.7. The van der Waals surface area contributed by atoms with E-state index in [4.69, 9.17) is 9.47 Å². The van der Waals surface area contributed by atoms with Crippen LogP contribution in [-0.4, -0.2) is 30.6 Å². The minimum absolute atomic E-state index is 0.0669. The summed E-state index contributed by atoms with van der Waals surface area (Å²) in [5, 5.41) is 5.65. The van der Waals surface area contributed by atoms with Crippen molar-refractivity contribution in [2.75, 3.05) is 19.8 Å². The number of aryl methyl sites for hydroxylation is 1. The van der Waals surface area contributed by atoms with Crippen LogP contribution in [0, 0.1) is 6.92 Å². The maximum Gasteiger partial charge on any atom is 0.226 e. The lowest BCUT2D eigenvalue weighted by atomic mass is 10.2. The molecule has 0 spiro atoms. The van der Waals surface area contributed by atoms with Crippen LogP contribution in [0.25, 0.3) is 10.6 Å². The number of carbonyl (C=O) groups excluding carboxylic acids is 1. The quantitative estimate of drug-likeness (QED) is 0.549. The number of ether oxygens (including phenoxy) is 2. The molecule has 1 aromatic heterocycles. The summed E-state index contributed by atoms with van der Waals surface area (Å²) in [5.41, 5.74) is 2.85. The number of hydrogen-bond donors (Lipinski definition) is 1. The Kier molecular flexibility index (Phi) is 7.03. The van der Waals surface area contributed by atoms with E-state index in [1.165, 1.54) is 11.3 Å². The number of thiazole rings is 1. The average molecular weight is 397 g/mol. The Hall–Kier alpha value is -2.86. The maximum atomic E-state index is 12.2. The van der Waals surface area contributed by atoms with Gasteiger partial charge in [-0.1, -0.05) is 24.3 Å². The van der Waals surface area contributed by atoms with Crippen LogP contribution < -0.4 is 14.8 Å². The maximum absolute atomic E-state index is 12.2. The molecule has 28 heavy (non-hydrogen) atoms.